The number of anilines is 1. The van der Waals surface area contributed by atoms with Gasteiger partial charge in [0.05, 0.1) is 12.2 Å². The average Bonchev–Trinajstić information content (AvgIpc) is 3.18. The number of carbonyl (C=O) groups is 2. The first-order valence-electron chi connectivity index (χ1n) is 12.0. The van der Waals surface area contributed by atoms with E-state index in [0.29, 0.717) is 29.6 Å². The summed E-state index contributed by atoms with van der Waals surface area (Å²) in [6.45, 7) is 12.7. The van der Waals surface area contributed by atoms with Crippen molar-refractivity contribution in [3.63, 3.8) is 0 Å². The van der Waals surface area contributed by atoms with Gasteiger partial charge >= 0.3 is 0 Å². The highest BCUT2D eigenvalue weighted by molar-refractivity contribution is 6.30. The second-order valence-electron chi connectivity index (χ2n) is 9.91. The molecule has 35 heavy (non-hydrogen) atoms. The maximum atomic E-state index is 13.1. The third kappa shape index (κ3) is 7.18. The summed E-state index contributed by atoms with van der Waals surface area (Å²) in [6, 6.07) is 13.5. The van der Waals surface area contributed by atoms with Gasteiger partial charge in [-0.3, -0.25) is 19.5 Å². The second kappa shape index (κ2) is 11.5. The number of aryl methyl sites for hydroxylation is 2. The molecular weight excluding hydrogens is 460 g/mol. The average molecular weight is 495 g/mol. The van der Waals surface area contributed by atoms with Crippen LogP contribution in [-0.4, -0.2) is 39.4 Å². The van der Waals surface area contributed by atoms with E-state index in [2.05, 4.69) is 25.2 Å². The minimum Gasteiger partial charge on any atom is -0.333 e. The fraction of sp³-hybridized carbons (Fsp3) is 0.393. The van der Waals surface area contributed by atoms with E-state index in [1.807, 2.05) is 74.9 Å². The Morgan fingerprint density at radius 2 is 1.69 bits per heavy atom. The zero-order chi connectivity index (χ0) is 25.7. The van der Waals surface area contributed by atoms with Crippen LogP contribution in [0.4, 0.5) is 5.95 Å². The lowest BCUT2D eigenvalue weighted by Crippen LogP contribution is -2.40. The topological polar surface area (TPSA) is 67.2 Å². The fourth-order valence-corrected chi connectivity index (χ4v) is 3.94. The molecule has 0 radical (unpaired) electrons. The van der Waals surface area contributed by atoms with E-state index in [4.69, 9.17) is 16.6 Å². The van der Waals surface area contributed by atoms with Gasteiger partial charge in [-0.1, -0.05) is 57.5 Å². The molecule has 0 saturated heterocycles. The Labute approximate surface area is 213 Å². The predicted octanol–water partition coefficient (Wildman–Crippen LogP) is 6.28. The Balaban J connectivity index is 1.92. The van der Waals surface area contributed by atoms with Gasteiger partial charge in [0.15, 0.2) is 0 Å². The largest absolute Gasteiger partial charge is 0.333 e. The molecule has 0 fully saturated rings. The van der Waals surface area contributed by atoms with Gasteiger partial charge in [-0.2, -0.15) is 0 Å². The maximum Gasteiger partial charge on any atom is 0.246 e. The summed E-state index contributed by atoms with van der Waals surface area (Å²) in [4.78, 5) is 32.2. The molecule has 0 atom stereocenters. The van der Waals surface area contributed by atoms with E-state index in [0.717, 1.165) is 16.8 Å². The summed E-state index contributed by atoms with van der Waals surface area (Å²) in [5.41, 5.74) is 4.83. The van der Waals surface area contributed by atoms with Crippen LogP contribution < -0.4 is 5.32 Å². The molecule has 0 aliphatic carbocycles. The van der Waals surface area contributed by atoms with E-state index in [1.54, 1.807) is 4.90 Å². The zero-order valence-corrected chi connectivity index (χ0v) is 22.2. The van der Waals surface area contributed by atoms with Crippen molar-refractivity contribution in [2.24, 2.45) is 11.8 Å². The normalized spacial score (nSPS) is 11.2. The first-order valence-corrected chi connectivity index (χ1v) is 12.4. The number of carbonyl (C=O) groups excluding carboxylic acids is 2. The third-order valence-corrected chi connectivity index (χ3v) is 5.97. The maximum absolute atomic E-state index is 13.1. The van der Waals surface area contributed by atoms with Crippen molar-refractivity contribution in [3.05, 3.63) is 64.8 Å². The van der Waals surface area contributed by atoms with Crippen LogP contribution in [0.25, 0.3) is 16.9 Å². The van der Waals surface area contributed by atoms with Gasteiger partial charge in [0, 0.05) is 35.4 Å². The molecule has 2 amide bonds. The molecule has 1 heterocycles. The van der Waals surface area contributed by atoms with Gasteiger partial charge in [0.25, 0.3) is 0 Å². The van der Waals surface area contributed by atoms with Crippen LogP contribution in [0.3, 0.4) is 0 Å². The number of imidazole rings is 1. The highest BCUT2D eigenvalue weighted by Crippen LogP contribution is 2.26. The molecule has 0 spiro atoms. The number of amides is 2. The summed E-state index contributed by atoms with van der Waals surface area (Å²) in [7, 11) is 0. The molecule has 2 aromatic carbocycles. The zero-order valence-electron chi connectivity index (χ0n) is 21.4. The molecule has 0 aliphatic heterocycles. The van der Waals surface area contributed by atoms with E-state index in [-0.39, 0.29) is 30.2 Å². The number of halogens is 1. The molecule has 6 nitrogen and oxygen atoms in total. The highest BCUT2D eigenvalue weighted by Gasteiger charge is 2.21. The smallest absolute Gasteiger partial charge is 0.246 e. The van der Waals surface area contributed by atoms with Crippen LogP contribution in [0.1, 0.15) is 45.2 Å². The van der Waals surface area contributed by atoms with Crippen molar-refractivity contribution >= 4 is 29.4 Å². The molecule has 0 aliphatic rings. The van der Waals surface area contributed by atoms with Crippen molar-refractivity contribution < 1.29 is 9.59 Å². The fourth-order valence-electron chi connectivity index (χ4n) is 3.81. The number of aromatic nitrogens is 2. The summed E-state index contributed by atoms with van der Waals surface area (Å²) in [6.07, 6.45) is 2.32. The molecule has 0 bridgehead atoms. The number of nitrogens with one attached hydrogen (secondary N) is 1. The van der Waals surface area contributed by atoms with Crippen molar-refractivity contribution in [1.29, 1.82) is 0 Å². The van der Waals surface area contributed by atoms with Crippen LogP contribution >= 0.6 is 11.6 Å². The molecule has 186 valence electrons. The van der Waals surface area contributed by atoms with Crippen LogP contribution in [0.15, 0.2) is 48.7 Å². The van der Waals surface area contributed by atoms with Gasteiger partial charge < -0.3 is 4.90 Å². The molecular formula is C28H35ClN4O2. The van der Waals surface area contributed by atoms with Gasteiger partial charge in [0.2, 0.25) is 17.8 Å². The van der Waals surface area contributed by atoms with Crippen molar-refractivity contribution in [1.82, 2.24) is 14.5 Å². The molecule has 1 N–H and O–H groups in total. The third-order valence-electron chi connectivity index (χ3n) is 5.72. The summed E-state index contributed by atoms with van der Waals surface area (Å²) in [5, 5.41) is 3.60. The first-order chi connectivity index (χ1) is 16.5. The molecule has 3 aromatic rings. The minimum absolute atomic E-state index is 0.0109. The van der Waals surface area contributed by atoms with Gasteiger partial charge in [0.1, 0.15) is 0 Å². The van der Waals surface area contributed by atoms with E-state index in [1.165, 1.54) is 5.56 Å². The number of rotatable bonds is 9. The predicted molar refractivity (Wildman–Crippen MR) is 143 cm³/mol. The lowest BCUT2D eigenvalue weighted by atomic mass is 10.1. The Morgan fingerprint density at radius 3 is 2.29 bits per heavy atom. The highest BCUT2D eigenvalue weighted by atomic mass is 35.5. The van der Waals surface area contributed by atoms with Crippen LogP contribution in [0, 0.1) is 25.7 Å². The van der Waals surface area contributed by atoms with Gasteiger partial charge in [-0.25, -0.2) is 4.98 Å². The molecule has 7 heteroatoms. The second-order valence-corrected chi connectivity index (χ2v) is 10.3. The number of benzene rings is 2. The Morgan fingerprint density at radius 1 is 1.00 bits per heavy atom. The lowest BCUT2D eigenvalue weighted by molar-refractivity contribution is -0.135. The SMILES string of the molecule is Cc1ccc(-n2cc(-c3ccc(Cl)cc3)nc2NC(=O)CN(CC(C)C)C(=O)CC(C)C)cc1C. The van der Waals surface area contributed by atoms with Crippen molar-refractivity contribution in [2.75, 3.05) is 18.4 Å². The van der Waals surface area contributed by atoms with Gasteiger partial charge in [-0.05, 0) is 61.1 Å². The Hall–Kier alpha value is -3.12. The van der Waals surface area contributed by atoms with Crippen LogP contribution in [-0.2, 0) is 9.59 Å². The monoisotopic (exact) mass is 494 g/mol. The quantitative estimate of drug-likeness (QED) is 0.380. The first kappa shape index (κ1) is 26.5. The molecule has 0 unspecified atom stereocenters. The van der Waals surface area contributed by atoms with Crippen LogP contribution in [0.5, 0.6) is 0 Å². The standard InChI is InChI=1S/C28H35ClN4O2/c1-18(2)13-27(35)32(15-19(3)4)17-26(34)31-28-30-25(22-8-10-23(29)11-9-22)16-33(28)24-12-7-20(5)21(6)14-24/h7-12,14,16,18-19H,13,15,17H2,1-6H3,(H,30,31,34). The van der Waals surface area contributed by atoms with Crippen molar-refractivity contribution in [3.8, 4) is 16.9 Å². The number of nitrogens with zero attached hydrogens (tertiary/aromatic N) is 3. The summed E-state index contributed by atoms with van der Waals surface area (Å²) >= 11 is 6.06. The van der Waals surface area contributed by atoms with E-state index >= 15 is 0 Å². The molecule has 1 aromatic heterocycles. The van der Waals surface area contributed by atoms with E-state index in [9.17, 15) is 9.59 Å². The Bertz CT molecular complexity index is 1180. The molecule has 3 rings (SSSR count). The lowest BCUT2D eigenvalue weighted by Gasteiger charge is -2.25. The summed E-state index contributed by atoms with van der Waals surface area (Å²) in [5.74, 6) is 0.604. The summed E-state index contributed by atoms with van der Waals surface area (Å²) < 4.78 is 1.87. The van der Waals surface area contributed by atoms with Crippen LogP contribution in [0.2, 0.25) is 5.02 Å². The van der Waals surface area contributed by atoms with E-state index < -0.39 is 0 Å². The number of hydrogen-bond acceptors (Lipinski definition) is 3. The minimum atomic E-state index is -0.277. The Kier molecular flexibility index (Phi) is 8.73. The molecule has 0 saturated carbocycles. The number of hydrogen-bond donors (Lipinski definition) is 1. The van der Waals surface area contributed by atoms with Gasteiger partial charge in [-0.15, -0.1) is 0 Å². The van der Waals surface area contributed by atoms with Crippen molar-refractivity contribution in [2.45, 2.75) is 48.0 Å².